The van der Waals surface area contributed by atoms with E-state index in [4.69, 9.17) is 4.98 Å². The number of benzene rings is 3. The van der Waals surface area contributed by atoms with Crippen molar-refractivity contribution in [3.8, 4) is 22.4 Å². The molecule has 0 unspecified atom stereocenters. The SMILES string of the molecule is CCN(CC)CCn1c2ccccc2n2cc(-c3ccc(-c4ccccc4)cc3)nc12. The summed E-state index contributed by atoms with van der Waals surface area (Å²) in [4.78, 5) is 7.52. The zero-order valence-corrected chi connectivity index (χ0v) is 18.2. The summed E-state index contributed by atoms with van der Waals surface area (Å²) in [5.74, 6) is 1.01. The lowest BCUT2D eigenvalue weighted by molar-refractivity contribution is 0.293. The first kappa shape index (κ1) is 19.6. The molecule has 0 spiro atoms. The maximum atomic E-state index is 5.06. The van der Waals surface area contributed by atoms with Crippen molar-refractivity contribution in [1.82, 2.24) is 18.9 Å². The van der Waals surface area contributed by atoms with Gasteiger partial charge in [-0.05, 0) is 36.3 Å². The summed E-state index contributed by atoms with van der Waals surface area (Å²) < 4.78 is 4.59. The van der Waals surface area contributed by atoms with Gasteiger partial charge in [0, 0.05) is 24.8 Å². The van der Waals surface area contributed by atoms with Gasteiger partial charge in [0.25, 0.3) is 0 Å². The Morgan fingerprint density at radius 2 is 1.32 bits per heavy atom. The summed E-state index contributed by atoms with van der Waals surface area (Å²) in [6.45, 7) is 8.54. The van der Waals surface area contributed by atoms with Crippen molar-refractivity contribution < 1.29 is 0 Å². The third-order valence-electron chi connectivity index (χ3n) is 6.18. The van der Waals surface area contributed by atoms with Gasteiger partial charge >= 0.3 is 0 Å². The first-order valence-electron chi connectivity index (χ1n) is 11.1. The van der Waals surface area contributed by atoms with E-state index >= 15 is 0 Å². The smallest absolute Gasteiger partial charge is 0.215 e. The molecule has 0 saturated carbocycles. The highest BCUT2D eigenvalue weighted by Crippen LogP contribution is 2.27. The van der Waals surface area contributed by atoms with Crippen LogP contribution in [0.2, 0.25) is 0 Å². The summed E-state index contributed by atoms with van der Waals surface area (Å²) in [7, 11) is 0. The first-order valence-corrected chi connectivity index (χ1v) is 11.1. The number of hydrogen-bond acceptors (Lipinski definition) is 2. The van der Waals surface area contributed by atoms with Crippen LogP contribution in [0.15, 0.2) is 85.1 Å². The summed E-state index contributed by atoms with van der Waals surface area (Å²) in [6.07, 6.45) is 2.17. The van der Waals surface area contributed by atoms with Crippen LogP contribution in [0.4, 0.5) is 0 Å². The van der Waals surface area contributed by atoms with E-state index in [1.54, 1.807) is 0 Å². The molecular weight excluding hydrogens is 380 g/mol. The molecule has 0 N–H and O–H groups in total. The molecule has 0 aliphatic heterocycles. The molecule has 0 atom stereocenters. The second-order valence-electron chi connectivity index (χ2n) is 7.91. The van der Waals surface area contributed by atoms with Crippen molar-refractivity contribution in [2.24, 2.45) is 0 Å². The van der Waals surface area contributed by atoms with Gasteiger partial charge in [0.1, 0.15) is 0 Å². The zero-order chi connectivity index (χ0) is 21.2. The Hall–Kier alpha value is -3.37. The Labute approximate surface area is 183 Å². The normalized spacial score (nSPS) is 11.7. The number of fused-ring (bicyclic) bond motifs is 3. The van der Waals surface area contributed by atoms with E-state index in [0.29, 0.717) is 0 Å². The fourth-order valence-electron chi connectivity index (χ4n) is 4.35. The maximum Gasteiger partial charge on any atom is 0.215 e. The minimum absolute atomic E-state index is 0.933. The number of rotatable bonds is 7. The number of imidazole rings is 2. The van der Waals surface area contributed by atoms with Crippen LogP contribution in [0, 0.1) is 0 Å². The molecule has 31 heavy (non-hydrogen) atoms. The van der Waals surface area contributed by atoms with Crippen molar-refractivity contribution in [2.75, 3.05) is 19.6 Å². The number of aromatic nitrogens is 3. The predicted molar refractivity (Wildman–Crippen MR) is 129 cm³/mol. The molecule has 2 heterocycles. The lowest BCUT2D eigenvalue weighted by atomic mass is 10.0. The average molecular weight is 409 g/mol. The predicted octanol–water partition coefficient (Wildman–Crippen LogP) is 5.96. The molecule has 0 aliphatic carbocycles. The van der Waals surface area contributed by atoms with Gasteiger partial charge in [-0.3, -0.25) is 4.40 Å². The molecule has 0 radical (unpaired) electrons. The molecule has 5 aromatic rings. The van der Waals surface area contributed by atoms with Gasteiger partial charge in [-0.25, -0.2) is 4.98 Å². The second-order valence-corrected chi connectivity index (χ2v) is 7.91. The lowest BCUT2D eigenvalue weighted by Gasteiger charge is -2.18. The van der Waals surface area contributed by atoms with Crippen molar-refractivity contribution in [2.45, 2.75) is 20.4 Å². The summed E-state index contributed by atoms with van der Waals surface area (Å²) in [5.41, 5.74) is 7.06. The molecule has 4 heteroatoms. The Bertz CT molecular complexity index is 1290. The molecule has 0 bridgehead atoms. The Balaban J connectivity index is 1.53. The van der Waals surface area contributed by atoms with Crippen LogP contribution in [-0.2, 0) is 6.54 Å². The van der Waals surface area contributed by atoms with E-state index in [1.165, 1.54) is 22.2 Å². The Kier molecular flexibility index (Phi) is 5.31. The standard InChI is InChI=1S/C27H28N4/c1-3-29(4-2)18-19-30-25-12-8-9-13-26(25)31-20-24(28-27(30)31)23-16-14-22(15-17-23)21-10-6-5-7-11-21/h5-17,20H,3-4,18-19H2,1-2H3. The average Bonchev–Trinajstić information content (AvgIpc) is 3.39. The monoisotopic (exact) mass is 408 g/mol. The molecular formula is C27H28N4. The minimum atomic E-state index is 0.933. The van der Waals surface area contributed by atoms with Gasteiger partial charge in [0.2, 0.25) is 5.78 Å². The number of likely N-dealkylation sites (N-methyl/N-ethyl adjacent to an activating group) is 1. The van der Waals surface area contributed by atoms with Crippen LogP contribution in [0.3, 0.4) is 0 Å². The summed E-state index contributed by atoms with van der Waals surface area (Å²) in [6, 6.07) is 27.8. The van der Waals surface area contributed by atoms with E-state index in [2.05, 4.69) is 107 Å². The van der Waals surface area contributed by atoms with E-state index in [-0.39, 0.29) is 0 Å². The number of para-hydroxylation sites is 2. The maximum absolute atomic E-state index is 5.06. The van der Waals surface area contributed by atoms with Crippen LogP contribution >= 0.6 is 0 Å². The van der Waals surface area contributed by atoms with E-state index in [1.807, 2.05) is 6.07 Å². The third-order valence-corrected chi connectivity index (χ3v) is 6.18. The van der Waals surface area contributed by atoms with Crippen LogP contribution in [0.25, 0.3) is 39.2 Å². The third kappa shape index (κ3) is 3.64. The highest BCUT2D eigenvalue weighted by molar-refractivity contribution is 5.82. The lowest BCUT2D eigenvalue weighted by Crippen LogP contribution is -2.27. The highest BCUT2D eigenvalue weighted by atomic mass is 15.2. The van der Waals surface area contributed by atoms with E-state index < -0.39 is 0 Å². The zero-order valence-electron chi connectivity index (χ0n) is 18.2. The van der Waals surface area contributed by atoms with Gasteiger partial charge in [-0.1, -0.05) is 80.6 Å². The van der Waals surface area contributed by atoms with Crippen LogP contribution in [0.1, 0.15) is 13.8 Å². The fraction of sp³-hybridized carbons (Fsp3) is 0.222. The van der Waals surface area contributed by atoms with Crippen LogP contribution < -0.4 is 0 Å². The van der Waals surface area contributed by atoms with E-state index in [0.717, 1.165) is 43.2 Å². The van der Waals surface area contributed by atoms with Gasteiger partial charge in [-0.15, -0.1) is 0 Å². The van der Waals surface area contributed by atoms with Crippen LogP contribution in [0.5, 0.6) is 0 Å². The summed E-state index contributed by atoms with van der Waals surface area (Å²) >= 11 is 0. The van der Waals surface area contributed by atoms with Crippen molar-refractivity contribution in [1.29, 1.82) is 0 Å². The first-order chi connectivity index (χ1) is 15.3. The minimum Gasteiger partial charge on any atom is -0.308 e. The van der Waals surface area contributed by atoms with E-state index in [9.17, 15) is 0 Å². The molecule has 3 aromatic carbocycles. The molecule has 156 valence electrons. The van der Waals surface area contributed by atoms with Gasteiger partial charge in [-0.2, -0.15) is 0 Å². The Morgan fingerprint density at radius 3 is 2.03 bits per heavy atom. The van der Waals surface area contributed by atoms with Crippen molar-refractivity contribution in [3.63, 3.8) is 0 Å². The molecule has 2 aromatic heterocycles. The van der Waals surface area contributed by atoms with Gasteiger partial charge < -0.3 is 9.47 Å². The quantitative estimate of drug-likeness (QED) is 0.332. The molecule has 0 fully saturated rings. The Morgan fingerprint density at radius 1 is 0.710 bits per heavy atom. The highest BCUT2D eigenvalue weighted by Gasteiger charge is 2.15. The molecule has 0 saturated heterocycles. The number of hydrogen-bond donors (Lipinski definition) is 0. The largest absolute Gasteiger partial charge is 0.308 e. The number of nitrogens with zero attached hydrogens (tertiary/aromatic N) is 4. The molecule has 5 rings (SSSR count). The topological polar surface area (TPSA) is 25.5 Å². The van der Waals surface area contributed by atoms with Crippen molar-refractivity contribution >= 4 is 16.8 Å². The molecule has 0 amide bonds. The molecule has 0 aliphatic rings. The molecule has 4 nitrogen and oxygen atoms in total. The van der Waals surface area contributed by atoms with Gasteiger partial charge in [0.05, 0.1) is 16.7 Å². The van der Waals surface area contributed by atoms with Crippen molar-refractivity contribution in [3.05, 3.63) is 85.1 Å². The fourth-order valence-corrected chi connectivity index (χ4v) is 4.35. The van der Waals surface area contributed by atoms with Gasteiger partial charge in [0.15, 0.2) is 0 Å². The summed E-state index contributed by atoms with van der Waals surface area (Å²) in [5, 5.41) is 0. The van der Waals surface area contributed by atoms with Crippen LogP contribution in [-0.4, -0.2) is 38.5 Å². The second kappa shape index (κ2) is 8.40.